The largest absolute Gasteiger partial charge is 0.355 e. The monoisotopic (exact) mass is 271 g/mol. The summed E-state index contributed by atoms with van der Waals surface area (Å²) in [6.45, 7) is 3.08. The van der Waals surface area contributed by atoms with Gasteiger partial charge in [-0.25, -0.2) is 0 Å². The molecule has 0 unspecified atom stereocenters. The molecule has 0 spiro atoms. The summed E-state index contributed by atoms with van der Waals surface area (Å²) in [4.78, 5) is 12.2. The van der Waals surface area contributed by atoms with Crippen LogP contribution in [0.4, 0.5) is 0 Å². The Kier molecular flexibility index (Phi) is 4.94. The third-order valence-electron chi connectivity index (χ3n) is 4.97. The van der Waals surface area contributed by atoms with E-state index < -0.39 is 0 Å². The number of hydrogen-bond acceptors (Lipinski definition) is 1. The molecule has 0 bridgehead atoms. The molecule has 2 aliphatic rings. The molecule has 1 amide bonds. The van der Waals surface area contributed by atoms with Gasteiger partial charge in [0.15, 0.2) is 0 Å². The number of alkyl halides is 1. The standard InChI is InChI=1S/C15H26ClNO/c1-12-4-6-13(7-5-12)14(18)17-11-15(10-16)8-2-3-9-15/h12-13H,2-11H2,1H3,(H,17,18). The molecule has 0 saturated heterocycles. The van der Waals surface area contributed by atoms with Crippen molar-refractivity contribution in [2.45, 2.75) is 58.3 Å². The molecule has 0 aromatic carbocycles. The number of rotatable bonds is 4. The number of halogens is 1. The number of nitrogens with one attached hydrogen (secondary N) is 1. The zero-order chi connectivity index (χ0) is 13.0. The van der Waals surface area contributed by atoms with E-state index in [4.69, 9.17) is 11.6 Å². The van der Waals surface area contributed by atoms with Crippen molar-refractivity contribution in [1.82, 2.24) is 5.32 Å². The third kappa shape index (κ3) is 3.40. The zero-order valence-corrected chi connectivity index (χ0v) is 12.3. The average molecular weight is 272 g/mol. The van der Waals surface area contributed by atoms with Gasteiger partial charge >= 0.3 is 0 Å². The fourth-order valence-corrected chi connectivity index (χ4v) is 3.79. The summed E-state index contributed by atoms with van der Waals surface area (Å²) in [5.74, 6) is 2.03. The fourth-order valence-electron chi connectivity index (χ4n) is 3.42. The van der Waals surface area contributed by atoms with Crippen molar-refractivity contribution in [2.75, 3.05) is 12.4 Å². The summed E-state index contributed by atoms with van der Waals surface area (Å²) in [5.41, 5.74) is 0.194. The average Bonchev–Trinajstić information content (AvgIpc) is 2.86. The van der Waals surface area contributed by atoms with Gasteiger partial charge in [-0.2, -0.15) is 0 Å². The predicted octanol–water partition coefficient (Wildman–Crippen LogP) is 3.73. The number of carbonyl (C=O) groups is 1. The summed E-state index contributed by atoms with van der Waals surface area (Å²) < 4.78 is 0. The van der Waals surface area contributed by atoms with Crippen LogP contribution in [-0.2, 0) is 4.79 Å². The van der Waals surface area contributed by atoms with E-state index in [1.165, 1.54) is 38.5 Å². The van der Waals surface area contributed by atoms with Gasteiger partial charge in [-0.1, -0.05) is 19.8 Å². The van der Waals surface area contributed by atoms with Gasteiger partial charge in [0.2, 0.25) is 5.91 Å². The second-order valence-corrected chi connectivity index (χ2v) is 6.78. The van der Waals surface area contributed by atoms with E-state index in [0.717, 1.165) is 25.3 Å². The maximum atomic E-state index is 12.2. The first kappa shape index (κ1) is 14.2. The van der Waals surface area contributed by atoms with E-state index >= 15 is 0 Å². The molecule has 2 saturated carbocycles. The summed E-state index contributed by atoms with van der Waals surface area (Å²) in [6.07, 6.45) is 9.45. The van der Waals surface area contributed by atoms with Crippen molar-refractivity contribution in [2.24, 2.45) is 17.3 Å². The Labute approximate surface area is 116 Å². The van der Waals surface area contributed by atoms with Gasteiger partial charge < -0.3 is 5.32 Å². The molecule has 0 heterocycles. The number of hydrogen-bond donors (Lipinski definition) is 1. The van der Waals surface area contributed by atoms with Gasteiger partial charge in [0.25, 0.3) is 0 Å². The van der Waals surface area contributed by atoms with Crippen molar-refractivity contribution in [3.63, 3.8) is 0 Å². The first-order valence-electron chi connectivity index (χ1n) is 7.49. The van der Waals surface area contributed by atoms with E-state index in [2.05, 4.69) is 12.2 Å². The van der Waals surface area contributed by atoms with Crippen LogP contribution >= 0.6 is 11.6 Å². The van der Waals surface area contributed by atoms with Crippen molar-refractivity contribution in [3.8, 4) is 0 Å². The normalized spacial score (nSPS) is 31.2. The molecular formula is C15H26ClNO. The lowest BCUT2D eigenvalue weighted by atomic mass is 9.82. The van der Waals surface area contributed by atoms with Crippen LogP contribution in [0.3, 0.4) is 0 Å². The lowest BCUT2D eigenvalue weighted by Crippen LogP contribution is -2.40. The number of amides is 1. The van der Waals surface area contributed by atoms with E-state index in [1.54, 1.807) is 0 Å². The molecule has 0 aromatic heterocycles. The molecule has 3 heteroatoms. The van der Waals surface area contributed by atoms with Crippen molar-refractivity contribution in [1.29, 1.82) is 0 Å². The minimum absolute atomic E-state index is 0.194. The molecule has 2 nitrogen and oxygen atoms in total. The highest BCUT2D eigenvalue weighted by molar-refractivity contribution is 6.18. The van der Waals surface area contributed by atoms with Crippen LogP contribution in [-0.4, -0.2) is 18.3 Å². The van der Waals surface area contributed by atoms with Crippen molar-refractivity contribution < 1.29 is 4.79 Å². The molecule has 0 radical (unpaired) electrons. The highest BCUT2D eigenvalue weighted by Gasteiger charge is 2.34. The lowest BCUT2D eigenvalue weighted by Gasteiger charge is -2.29. The third-order valence-corrected chi connectivity index (χ3v) is 5.54. The second-order valence-electron chi connectivity index (χ2n) is 6.52. The van der Waals surface area contributed by atoms with Gasteiger partial charge in [0, 0.05) is 23.8 Å². The Morgan fingerprint density at radius 3 is 2.39 bits per heavy atom. The quantitative estimate of drug-likeness (QED) is 0.776. The van der Waals surface area contributed by atoms with Gasteiger partial charge in [0.05, 0.1) is 0 Å². The van der Waals surface area contributed by atoms with Gasteiger partial charge in [-0.15, -0.1) is 11.6 Å². The molecule has 0 aliphatic heterocycles. The van der Waals surface area contributed by atoms with E-state index in [0.29, 0.717) is 5.88 Å². The predicted molar refractivity (Wildman–Crippen MR) is 75.8 cm³/mol. The van der Waals surface area contributed by atoms with Crippen LogP contribution in [0, 0.1) is 17.3 Å². The topological polar surface area (TPSA) is 29.1 Å². The summed E-state index contributed by atoms with van der Waals surface area (Å²) >= 11 is 6.10. The highest BCUT2D eigenvalue weighted by atomic mass is 35.5. The SMILES string of the molecule is CC1CCC(C(=O)NCC2(CCl)CCCC2)CC1. The molecule has 2 rings (SSSR count). The summed E-state index contributed by atoms with van der Waals surface area (Å²) in [6, 6.07) is 0. The van der Waals surface area contributed by atoms with E-state index in [1.807, 2.05) is 0 Å². The maximum absolute atomic E-state index is 12.2. The van der Waals surface area contributed by atoms with Crippen LogP contribution < -0.4 is 5.32 Å². The molecular weight excluding hydrogens is 246 g/mol. The van der Waals surface area contributed by atoms with Crippen LogP contribution in [0.15, 0.2) is 0 Å². The minimum Gasteiger partial charge on any atom is -0.355 e. The Morgan fingerprint density at radius 2 is 1.83 bits per heavy atom. The highest BCUT2D eigenvalue weighted by Crippen LogP contribution is 2.38. The van der Waals surface area contributed by atoms with Gasteiger partial charge in [0.1, 0.15) is 0 Å². The fraction of sp³-hybridized carbons (Fsp3) is 0.933. The molecule has 2 fully saturated rings. The molecule has 18 heavy (non-hydrogen) atoms. The van der Waals surface area contributed by atoms with Gasteiger partial charge in [-0.3, -0.25) is 4.79 Å². The minimum atomic E-state index is 0.194. The molecule has 0 atom stereocenters. The Hall–Kier alpha value is -0.240. The first-order valence-corrected chi connectivity index (χ1v) is 8.02. The lowest BCUT2D eigenvalue weighted by molar-refractivity contribution is -0.126. The van der Waals surface area contributed by atoms with Crippen LogP contribution in [0.5, 0.6) is 0 Å². The first-order chi connectivity index (χ1) is 8.65. The van der Waals surface area contributed by atoms with Crippen molar-refractivity contribution in [3.05, 3.63) is 0 Å². The molecule has 2 aliphatic carbocycles. The maximum Gasteiger partial charge on any atom is 0.223 e. The van der Waals surface area contributed by atoms with E-state index in [-0.39, 0.29) is 17.2 Å². The molecule has 0 aromatic rings. The molecule has 104 valence electrons. The Bertz CT molecular complexity index is 278. The van der Waals surface area contributed by atoms with Crippen molar-refractivity contribution >= 4 is 17.5 Å². The number of carbonyl (C=O) groups excluding carboxylic acids is 1. The van der Waals surface area contributed by atoms with Crippen LogP contribution in [0.25, 0.3) is 0 Å². The second kappa shape index (κ2) is 6.27. The van der Waals surface area contributed by atoms with Crippen LogP contribution in [0.1, 0.15) is 58.3 Å². The van der Waals surface area contributed by atoms with E-state index in [9.17, 15) is 4.79 Å². The Morgan fingerprint density at radius 1 is 1.22 bits per heavy atom. The van der Waals surface area contributed by atoms with Gasteiger partial charge in [-0.05, 0) is 44.4 Å². The Balaban J connectivity index is 1.77. The summed E-state index contributed by atoms with van der Waals surface area (Å²) in [7, 11) is 0. The summed E-state index contributed by atoms with van der Waals surface area (Å²) in [5, 5.41) is 3.18. The smallest absolute Gasteiger partial charge is 0.223 e. The van der Waals surface area contributed by atoms with Crippen LogP contribution in [0.2, 0.25) is 0 Å². The zero-order valence-electron chi connectivity index (χ0n) is 11.5. The molecule has 1 N–H and O–H groups in total.